The second-order valence-electron chi connectivity index (χ2n) is 9.03. The summed E-state index contributed by atoms with van der Waals surface area (Å²) in [7, 11) is 0. The molecule has 0 saturated heterocycles. The van der Waals surface area contributed by atoms with Crippen LogP contribution in [0.25, 0.3) is 0 Å². The molecule has 0 amide bonds. The molecule has 0 heterocycles. The molecule has 178 valence electrons. The monoisotopic (exact) mass is 452 g/mol. The average molecular weight is 453 g/mol. The van der Waals surface area contributed by atoms with Gasteiger partial charge in [-0.15, -0.1) is 0 Å². The zero-order valence-electron chi connectivity index (χ0n) is 19.6. The van der Waals surface area contributed by atoms with Crippen molar-refractivity contribution in [1.29, 1.82) is 0 Å². The molecular formula is C23H32O9. The van der Waals surface area contributed by atoms with Crippen LogP contribution >= 0.6 is 0 Å². The van der Waals surface area contributed by atoms with Gasteiger partial charge in [0.2, 0.25) is 6.10 Å². The fraction of sp³-hybridized carbons (Fsp3) is 0.565. The number of carbonyl (C=O) groups excluding carboxylic acids is 4. The van der Waals surface area contributed by atoms with Gasteiger partial charge >= 0.3 is 24.1 Å². The molecule has 0 saturated carbocycles. The standard InChI is InChI=1S/C23H32O9/c1-15(19(25)31-22(2,3)4)29-20(26)17(30-21(27)32-23(5,6)7)13-18(24)28-14-16-11-9-8-10-12-16/h8-12,15,17H,13-14H2,1-7H3/t15-,17-/m0/s1. The molecule has 9 nitrogen and oxygen atoms in total. The van der Waals surface area contributed by atoms with Crippen molar-refractivity contribution in [3.8, 4) is 0 Å². The Kier molecular flexibility index (Phi) is 9.68. The predicted octanol–water partition coefficient (Wildman–Crippen LogP) is 3.71. The van der Waals surface area contributed by atoms with E-state index in [0.717, 1.165) is 5.56 Å². The number of rotatable bonds is 8. The molecule has 0 aliphatic heterocycles. The van der Waals surface area contributed by atoms with Crippen LogP contribution in [0.15, 0.2) is 30.3 Å². The average Bonchev–Trinajstić information content (AvgIpc) is 2.63. The van der Waals surface area contributed by atoms with E-state index in [1.54, 1.807) is 65.8 Å². The Morgan fingerprint density at radius 2 is 1.38 bits per heavy atom. The molecule has 1 aromatic carbocycles. The minimum absolute atomic E-state index is 0.0256. The lowest BCUT2D eigenvalue weighted by atomic mass is 10.2. The normalized spacial score (nSPS) is 13.3. The first-order valence-corrected chi connectivity index (χ1v) is 10.2. The maximum absolute atomic E-state index is 12.6. The van der Waals surface area contributed by atoms with E-state index < -0.39 is 53.9 Å². The molecule has 0 radical (unpaired) electrons. The molecule has 1 rings (SSSR count). The van der Waals surface area contributed by atoms with Crippen molar-refractivity contribution in [2.75, 3.05) is 0 Å². The van der Waals surface area contributed by atoms with Crippen molar-refractivity contribution < 1.29 is 42.9 Å². The Labute approximate surface area is 188 Å². The van der Waals surface area contributed by atoms with E-state index in [4.69, 9.17) is 23.7 Å². The molecule has 0 aromatic heterocycles. The number of hydrogen-bond donors (Lipinski definition) is 0. The Bertz CT molecular complexity index is 788. The Balaban J connectivity index is 2.81. The van der Waals surface area contributed by atoms with Gasteiger partial charge < -0.3 is 23.7 Å². The van der Waals surface area contributed by atoms with Gasteiger partial charge in [0.05, 0.1) is 6.42 Å². The lowest BCUT2D eigenvalue weighted by Gasteiger charge is -2.24. The lowest BCUT2D eigenvalue weighted by Crippen LogP contribution is -2.39. The van der Waals surface area contributed by atoms with Gasteiger partial charge in [0.25, 0.3) is 0 Å². The molecule has 0 aliphatic rings. The molecule has 9 heteroatoms. The summed E-state index contributed by atoms with van der Waals surface area (Å²) in [5.74, 6) is -2.69. The lowest BCUT2D eigenvalue weighted by molar-refractivity contribution is -0.180. The van der Waals surface area contributed by atoms with Crippen molar-refractivity contribution in [2.24, 2.45) is 0 Å². The van der Waals surface area contributed by atoms with Gasteiger partial charge in [0.15, 0.2) is 6.10 Å². The Morgan fingerprint density at radius 1 is 0.812 bits per heavy atom. The highest BCUT2D eigenvalue weighted by atomic mass is 16.7. The highest BCUT2D eigenvalue weighted by Crippen LogP contribution is 2.15. The summed E-state index contributed by atoms with van der Waals surface area (Å²) in [6.45, 7) is 11.1. The van der Waals surface area contributed by atoms with Gasteiger partial charge in [0, 0.05) is 0 Å². The van der Waals surface area contributed by atoms with Crippen LogP contribution < -0.4 is 0 Å². The van der Waals surface area contributed by atoms with E-state index in [0.29, 0.717) is 0 Å². The third-order valence-electron chi connectivity index (χ3n) is 3.52. The zero-order chi connectivity index (χ0) is 24.5. The largest absolute Gasteiger partial charge is 0.509 e. The number of esters is 3. The molecule has 0 bridgehead atoms. The fourth-order valence-corrected chi connectivity index (χ4v) is 2.19. The molecule has 2 atom stereocenters. The van der Waals surface area contributed by atoms with Crippen molar-refractivity contribution in [3.05, 3.63) is 35.9 Å². The highest BCUT2D eigenvalue weighted by molar-refractivity contribution is 5.86. The highest BCUT2D eigenvalue weighted by Gasteiger charge is 2.34. The van der Waals surface area contributed by atoms with Crippen LogP contribution in [-0.2, 0) is 44.7 Å². The summed E-state index contributed by atoms with van der Waals surface area (Å²) in [6, 6.07) is 8.91. The molecule has 1 aromatic rings. The summed E-state index contributed by atoms with van der Waals surface area (Å²) >= 11 is 0. The van der Waals surface area contributed by atoms with Gasteiger partial charge in [0.1, 0.15) is 17.8 Å². The van der Waals surface area contributed by atoms with E-state index in [9.17, 15) is 19.2 Å². The molecule has 32 heavy (non-hydrogen) atoms. The third kappa shape index (κ3) is 11.3. The maximum Gasteiger partial charge on any atom is 0.509 e. The van der Waals surface area contributed by atoms with Crippen molar-refractivity contribution in [3.63, 3.8) is 0 Å². The first-order chi connectivity index (χ1) is 14.7. The zero-order valence-corrected chi connectivity index (χ0v) is 19.6. The summed E-state index contributed by atoms with van der Waals surface area (Å²) < 4.78 is 25.4. The second-order valence-corrected chi connectivity index (χ2v) is 9.03. The van der Waals surface area contributed by atoms with E-state index in [2.05, 4.69) is 0 Å². The quantitative estimate of drug-likeness (QED) is 0.430. The SMILES string of the molecule is C[C@H](OC(=O)[C@H](CC(=O)OCc1ccccc1)OC(=O)OC(C)(C)C)C(=O)OC(C)(C)C. The molecular weight excluding hydrogens is 420 g/mol. The van der Waals surface area contributed by atoms with Crippen molar-refractivity contribution in [2.45, 2.75) is 84.9 Å². The van der Waals surface area contributed by atoms with E-state index in [1.165, 1.54) is 6.92 Å². The van der Waals surface area contributed by atoms with Crippen LogP contribution in [0.4, 0.5) is 4.79 Å². The molecule has 0 unspecified atom stereocenters. The van der Waals surface area contributed by atoms with E-state index in [1.807, 2.05) is 6.07 Å². The minimum Gasteiger partial charge on any atom is -0.461 e. The summed E-state index contributed by atoms with van der Waals surface area (Å²) in [4.78, 5) is 48.9. The van der Waals surface area contributed by atoms with Crippen LogP contribution in [0.2, 0.25) is 0 Å². The minimum atomic E-state index is -1.67. The van der Waals surface area contributed by atoms with Crippen molar-refractivity contribution in [1.82, 2.24) is 0 Å². The van der Waals surface area contributed by atoms with Crippen LogP contribution in [0, 0.1) is 0 Å². The first kappa shape index (κ1) is 26.9. The van der Waals surface area contributed by atoms with Crippen LogP contribution in [0.1, 0.15) is 60.5 Å². The number of ether oxygens (including phenoxy) is 5. The summed E-state index contributed by atoms with van der Waals surface area (Å²) in [5.41, 5.74) is -0.930. The topological polar surface area (TPSA) is 114 Å². The molecule has 0 fully saturated rings. The van der Waals surface area contributed by atoms with Gasteiger partial charge in [-0.25, -0.2) is 14.4 Å². The Hall–Kier alpha value is -3.10. The molecule has 0 spiro atoms. The van der Waals surface area contributed by atoms with Gasteiger partial charge in [-0.3, -0.25) is 4.79 Å². The smallest absolute Gasteiger partial charge is 0.461 e. The van der Waals surface area contributed by atoms with Gasteiger partial charge in [-0.05, 0) is 54.0 Å². The van der Waals surface area contributed by atoms with E-state index >= 15 is 0 Å². The summed E-state index contributed by atoms with van der Waals surface area (Å²) in [5, 5.41) is 0. The molecule has 0 aliphatic carbocycles. The first-order valence-electron chi connectivity index (χ1n) is 10.2. The van der Waals surface area contributed by atoms with Crippen LogP contribution in [0.3, 0.4) is 0 Å². The fourth-order valence-electron chi connectivity index (χ4n) is 2.19. The summed E-state index contributed by atoms with van der Waals surface area (Å²) in [6.07, 6.45) is -4.74. The number of hydrogen-bond acceptors (Lipinski definition) is 9. The Morgan fingerprint density at radius 3 is 1.91 bits per heavy atom. The predicted molar refractivity (Wildman–Crippen MR) is 113 cm³/mol. The number of benzene rings is 1. The molecule has 0 N–H and O–H groups in total. The third-order valence-corrected chi connectivity index (χ3v) is 3.52. The van der Waals surface area contributed by atoms with Gasteiger partial charge in [-0.2, -0.15) is 0 Å². The van der Waals surface area contributed by atoms with Crippen LogP contribution in [0.5, 0.6) is 0 Å². The van der Waals surface area contributed by atoms with E-state index in [-0.39, 0.29) is 6.61 Å². The number of carbonyl (C=O) groups is 4. The van der Waals surface area contributed by atoms with Gasteiger partial charge in [-0.1, -0.05) is 30.3 Å². The van der Waals surface area contributed by atoms with Crippen LogP contribution in [-0.4, -0.2) is 47.5 Å². The second kappa shape index (κ2) is 11.5. The maximum atomic E-state index is 12.6. The van der Waals surface area contributed by atoms with Crippen molar-refractivity contribution >= 4 is 24.1 Å².